The molecule has 1 aliphatic rings. The minimum Gasteiger partial charge on any atom is -0.394 e. The van der Waals surface area contributed by atoms with E-state index in [1.54, 1.807) is 16.7 Å². The van der Waals surface area contributed by atoms with Crippen molar-refractivity contribution in [2.75, 3.05) is 18.9 Å². The predicted molar refractivity (Wildman–Crippen MR) is 60.6 cm³/mol. The van der Waals surface area contributed by atoms with Crippen LogP contribution in [0.5, 0.6) is 0 Å². The molecule has 0 spiro atoms. The molecule has 2 N–H and O–H groups in total. The molecule has 1 rings (SSSR count). The third-order valence-corrected chi connectivity index (χ3v) is 3.78. The molecule has 0 aromatic heterocycles. The van der Waals surface area contributed by atoms with Gasteiger partial charge in [0.2, 0.25) is 5.91 Å². The lowest BCUT2D eigenvalue weighted by Gasteiger charge is -2.25. The van der Waals surface area contributed by atoms with Gasteiger partial charge in [0.05, 0.1) is 23.8 Å². The van der Waals surface area contributed by atoms with E-state index >= 15 is 0 Å². The van der Waals surface area contributed by atoms with E-state index in [0.29, 0.717) is 5.75 Å². The molecule has 4 nitrogen and oxygen atoms in total. The van der Waals surface area contributed by atoms with Crippen molar-refractivity contribution in [3.05, 3.63) is 0 Å². The Bertz CT molecular complexity index is 213. The number of unbranched alkanes of at least 4 members (excludes halogenated alkanes) is 1. The van der Waals surface area contributed by atoms with Gasteiger partial charge in [-0.3, -0.25) is 4.79 Å². The second-order valence-corrected chi connectivity index (χ2v) is 4.96. The van der Waals surface area contributed by atoms with E-state index < -0.39 is 6.10 Å². The highest BCUT2D eigenvalue weighted by Gasteiger charge is 2.31. The molecule has 2 atom stereocenters. The van der Waals surface area contributed by atoms with Crippen molar-refractivity contribution in [3.8, 4) is 0 Å². The van der Waals surface area contributed by atoms with Crippen molar-refractivity contribution < 1.29 is 15.0 Å². The summed E-state index contributed by atoms with van der Waals surface area (Å²) in [5.41, 5.74) is 0. The molecule has 0 aliphatic carbocycles. The third kappa shape index (κ3) is 3.66. The minimum absolute atomic E-state index is 0.0774. The first-order valence-corrected chi connectivity index (χ1v) is 6.44. The number of aliphatic hydroxyl groups excluding tert-OH is 2. The molecule has 1 aliphatic heterocycles. The van der Waals surface area contributed by atoms with Crippen molar-refractivity contribution in [2.45, 2.75) is 37.7 Å². The number of nitrogens with zero attached hydrogens (tertiary/aromatic N) is 1. The van der Waals surface area contributed by atoms with Gasteiger partial charge in [-0.15, -0.1) is 11.8 Å². The summed E-state index contributed by atoms with van der Waals surface area (Å²) in [4.78, 5) is 13.2. The number of thioether (sulfide) groups is 1. The number of β-amino-alcohol motifs (C(OH)–C–C–N with tert-alkyl or cyclic N) is 1. The summed E-state index contributed by atoms with van der Waals surface area (Å²) in [6, 6.07) is 0. The molecule has 1 heterocycles. The highest BCUT2D eigenvalue weighted by atomic mass is 32.2. The van der Waals surface area contributed by atoms with Gasteiger partial charge in [-0.05, 0) is 6.42 Å². The van der Waals surface area contributed by atoms with Crippen molar-refractivity contribution in [3.63, 3.8) is 0 Å². The quantitative estimate of drug-likeness (QED) is 0.698. The zero-order valence-electron chi connectivity index (χ0n) is 9.06. The first-order chi connectivity index (χ1) is 7.19. The standard InChI is InChI=1S/C10H19NO3S/c1-2-3-4-10-11(5-8(13)6-12)9(14)7-15-10/h8,10,12-13H,2-7H2,1H3/t8-,10?/m0/s1. The molecule has 1 saturated heterocycles. The highest BCUT2D eigenvalue weighted by Crippen LogP contribution is 2.28. The number of rotatable bonds is 6. The van der Waals surface area contributed by atoms with Crippen molar-refractivity contribution in [2.24, 2.45) is 0 Å². The molecular formula is C10H19NO3S. The average Bonchev–Trinajstić information content (AvgIpc) is 2.57. The molecule has 1 fully saturated rings. The van der Waals surface area contributed by atoms with Crippen LogP contribution < -0.4 is 0 Å². The number of carbonyl (C=O) groups is 1. The van der Waals surface area contributed by atoms with Crippen molar-refractivity contribution in [1.29, 1.82) is 0 Å². The van der Waals surface area contributed by atoms with Crippen LogP contribution >= 0.6 is 11.8 Å². The Hall–Kier alpha value is -0.260. The van der Waals surface area contributed by atoms with E-state index in [2.05, 4.69) is 6.92 Å². The molecule has 0 bridgehead atoms. The lowest BCUT2D eigenvalue weighted by molar-refractivity contribution is -0.129. The van der Waals surface area contributed by atoms with Gasteiger partial charge in [-0.1, -0.05) is 19.8 Å². The van der Waals surface area contributed by atoms with Crippen LogP contribution in [0.25, 0.3) is 0 Å². The average molecular weight is 233 g/mol. The van der Waals surface area contributed by atoms with Gasteiger partial charge < -0.3 is 15.1 Å². The topological polar surface area (TPSA) is 60.8 Å². The number of amides is 1. The van der Waals surface area contributed by atoms with Crippen LogP contribution in [0, 0.1) is 0 Å². The second kappa shape index (κ2) is 6.35. The number of carbonyl (C=O) groups excluding carboxylic acids is 1. The van der Waals surface area contributed by atoms with Crippen LogP contribution in [0.15, 0.2) is 0 Å². The largest absolute Gasteiger partial charge is 0.394 e. The van der Waals surface area contributed by atoms with Crippen LogP contribution in [-0.2, 0) is 4.79 Å². The van der Waals surface area contributed by atoms with Gasteiger partial charge in [-0.2, -0.15) is 0 Å². The molecule has 0 saturated carbocycles. The number of hydrogen-bond acceptors (Lipinski definition) is 4. The van der Waals surface area contributed by atoms with Crippen LogP contribution in [0.3, 0.4) is 0 Å². The first-order valence-electron chi connectivity index (χ1n) is 5.39. The van der Waals surface area contributed by atoms with E-state index in [-0.39, 0.29) is 24.4 Å². The Balaban J connectivity index is 2.45. The zero-order valence-corrected chi connectivity index (χ0v) is 9.87. The van der Waals surface area contributed by atoms with Crippen molar-refractivity contribution in [1.82, 2.24) is 4.90 Å². The van der Waals surface area contributed by atoms with Gasteiger partial charge in [-0.25, -0.2) is 0 Å². The number of hydrogen-bond donors (Lipinski definition) is 2. The van der Waals surface area contributed by atoms with E-state index in [1.165, 1.54) is 0 Å². The maximum atomic E-state index is 11.5. The van der Waals surface area contributed by atoms with E-state index in [4.69, 9.17) is 5.11 Å². The SMILES string of the molecule is CCCCC1SCC(=O)N1C[C@H](O)CO. The Labute approximate surface area is 94.7 Å². The van der Waals surface area contributed by atoms with E-state index in [1.807, 2.05) is 0 Å². The lowest BCUT2D eigenvalue weighted by Crippen LogP contribution is -2.40. The lowest BCUT2D eigenvalue weighted by atomic mass is 10.2. The van der Waals surface area contributed by atoms with Crippen LogP contribution in [0.2, 0.25) is 0 Å². The zero-order chi connectivity index (χ0) is 11.3. The molecule has 88 valence electrons. The monoisotopic (exact) mass is 233 g/mol. The van der Waals surface area contributed by atoms with Gasteiger partial charge in [0, 0.05) is 6.54 Å². The summed E-state index contributed by atoms with van der Waals surface area (Å²) in [6.45, 7) is 2.10. The van der Waals surface area contributed by atoms with E-state index in [9.17, 15) is 9.90 Å². The fourth-order valence-electron chi connectivity index (χ4n) is 1.62. The minimum atomic E-state index is -0.809. The molecule has 0 aromatic carbocycles. The first kappa shape index (κ1) is 12.8. The normalized spacial score (nSPS) is 23.5. The fraction of sp³-hybridized carbons (Fsp3) is 0.900. The smallest absolute Gasteiger partial charge is 0.233 e. The maximum absolute atomic E-state index is 11.5. The van der Waals surface area contributed by atoms with Gasteiger partial charge in [0.15, 0.2) is 0 Å². The number of aliphatic hydroxyl groups is 2. The summed E-state index contributed by atoms with van der Waals surface area (Å²) >= 11 is 1.63. The molecule has 15 heavy (non-hydrogen) atoms. The van der Waals surface area contributed by atoms with E-state index in [0.717, 1.165) is 19.3 Å². The third-order valence-electron chi connectivity index (χ3n) is 2.49. The Morgan fingerprint density at radius 1 is 1.67 bits per heavy atom. The van der Waals surface area contributed by atoms with Crippen LogP contribution in [0.4, 0.5) is 0 Å². The van der Waals surface area contributed by atoms with Crippen molar-refractivity contribution >= 4 is 17.7 Å². The molecular weight excluding hydrogens is 214 g/mol. The molecule has 0 aromatic rings. The summed E-state index contributed by atoms with van der Waals surface area (Å²) in [6.07, 6.45) is 2.38. The van der Waals surface area contributed by atoms with Crippen LogP contribution in [-0.4, -0.2) is 51.4 Å². The van der Waals surface area contributed by atoms with Gasteiger partial charge in [0.25, 0.3) is 0 Å². The Morgan fingerprint density at radius 2 is 2.40 bits per heavy atom. The molecule has 1 unspecified atom stereocenters. The Kier molecular flexibility index (Phi) is 5.42. The highest BCUT2D eigenvalue weighted by molar-refractivity contribution is 8.00. The maximum Gasteiger partial charge on any atom is 0.233 e. The summed E-state index contributed by atoms with van der Waals surface area (Å²) in [5, 5.41) is 18.3. The summed E-state index contributed by atoms with van der Waals surface area (Å²) in [5.74, 6) is 0.584. The van der Waals surface area contributed by atoms with Gasteiger partial charge in [0.1, 0.15) is 0 Å². The Morgan fingerprint density at radius 3 is 3.00 bits per heavy atom. The fourth-order valence-corrected chi connectivity index (χ4v) is 2.84. The van der Waals surface area contributed by atoms with Gasteiger partial charge >= 0.3 is 0 Å². The van der Waals surface area contributed by atoms with Crippen LogP contribution in [0.1, 0.15) is 26.2 Å². The second-order valence-electron chi connectivity index (χ2n) is 3.79. The molecule has 0 radical (unpaired) electrons. The molecule has 5 heteroatoms. The summed E-state index contributed by atoms with van der Waals surface area (Å²) < 4.78 is 0. The molecule has 1 amide bonds. The predicted octanol–water partition coefficient (Wildman–Crippen LogP) is 0.431. The summed E-state index contributed by atoms with van der Waals surface area (Å²) in [7, 11) is 0.